The van der Waals surface area contributed by atoms with Crippen LogP contribution in [0.1, 0.15) is 15.9 Å². The van der Waals surface area contributed by atoms with Crippen molar-refractivity contribution in [1.29, 1.82) is 0 Å². The highest BCUT2D eigenvalue weighted by Gasteiger charge is 2.16. The fourth-order valence-corrected chi connectivity index (χ4v) is 3.08. The van der Waals surface area contributed by atoms with Crippen molar-refractivity contribution in [2.45, 2.75) is 6.92 Å². The molecule has 0 aliphatic heterocycles. The molecule has 0 aliphatic carbocycles. The van der Waals surface area contributed by atoms with Crippen LogP contribution in [0, 0.1) is 6.92 Å². The zero-order valence-electron chi connectivity index (χ0n) is 15.9. The van der Waals surface area contributed by atoms with Gasteiger partial charge in [-0.3, -0.25) is 14.2 Å². The number of hydrogen-bond donors (Lipinski definition) is 1. The van der Waals surface area contributed by atoms with E-state index in [9.17, 15) is 14.4 Å². The summed E-state index contributed by atoms with van der Waals surface area (Å²) in [5.74, 6) is -0.386. The summed E-state index contributed by atoms with van der Waals surface area (Å²) >= 11 is 0. The molecular weight excluding hydrogens is 368 g/mol. The minimum atomic E-state index is -0.505. The van der Waals surface area contributed by atoms with Crippen LogP contribution in [0.4, 0.5) is 5.69 Å². The summed E-state index contributed by atoms with van der Waals surface area (Å²) in [6, 6.07) is 17.8. The average Bonchev–Trinajstić information content (AvgIpc) is 2.74. The number of nitrogens with one attached hydrogen (secondary N) is 1. The van der Waals surface area contributed by atoms with E-state index >= 15 is 0 Å². The van der Waals surface area contributed by atoms with Crippen molar-refractivity contribution < 1.29 is 4.79 Å². The molecule has 1 amide bonds. The van der Waals surface area contributed by atoms with E-state index in [1.165, 1.54) is 23.9 Å². The largest absolute Gasteiger partial charge is 0.337 e. The number of amides is 1. The fourth-order valence-electron chi connectivity index (χ4n) is 3.08. The summed E-state index contributed by atoms with van der Waals surface area (Å²) in [5.41, 5.74) is 1.74. The highest BCUT2D eigenvalue weighted by atomic mass is 16.2. The highest BCUT2D eigenvalue weighted by molar-refractivity contribution is 6.05. The van der Waals surface area contributed by atoms with Gasteiger partial charge in [-0.25, -0.2) is 14.3 Å². The maximum Gasteiger partial charge on any atom is 0.337 e. The maximum atomic E-state index is 12.7. The molecule has 0 fully saturated rings. The van der Waals surface area contributed by atoms with Crippen molar-refractivity contribution in [3.8, 4) is 5.69 Å². The van der Waals surface area contributed by atoms with Gasteiger partial charge in [0.25, 0.3) is 11.5 Å². The van der Waals surface area contributed by atoms with Gasteiger partial charge in [0.05, 0.1) is 16.6 Å². The van der Waals surface area contributed by atoms with Crippen LogP contribution in [0.25, 0.3) is 16.7 Å². The second-order valence-electron chi connectivity index (χ2n) is 6.73. The second-order valence-corrected chi connectivity index (χ2v) is 6.73. The van der Waals surface area contributed by atoms with Crippen molar-refractivity contribution in [2.75, 3.05) is 5.32 Å². The molecule has 0 unspecified atom stereocenters. The molecule has 2 aromatic heterocycles. The fraction of sp³-hybridized carbons (Fsp3) is 0.0909. The molecule has 0 radical (unpaired) electrons. The zero-order chi connectivity index (χ0) is 20.5. The smallest absolute Gasteiger partial charge is 0.322 e. The van der Waals surface area contributed by atoms with E-state index in [0.29, 0.717) is 11.4 Å². The number of carbonyl (C=O) groups is 1. The van der Waals surface area contributed by atoms with Crippen molar-refractivity contribution in [2.24, 2.45) is 7.05 Å². The first-order valence-corrected chi connectivity index (χ1v) is 9.01. The van der Waals surface area contributed by atoms with E-state index in [1.54, 1.807) is 36.4 Å². The van der Waals surface area contributed by atoms with E-state index in [1.807, 2.05) is 25.1 Å². The SMILES string of the molecule is Cc1ccc(NC(=O)c2cnc3c(c2)c(=O)n(C)c(=O)n3-c2ccccc2)cc1. The molecule has 29 heavy (non-hydrogen) atoms. The van der Waals surface area contributed by atoms with Crippen LogP contribution in [0.15, 0.2) is 76.4 Å². The summed E-state index contributed by atoms with van der Waals surface area (Å²) in [5, 5.41) is 2.97. The summed E-state index contributed by atoms with van der Waals surface area (Å²) in [4.78, 5) is 42.3. The predicted octanol–water partition coefficient (Wildman–Crippen LogP) is 2.65. The molecule has 7 nitrogen and oxygen atoms in total. The van der Waals surface area contributed by atoms with Gasteiger partial charge in [-0.2, -0.15) is 0 Å². The Balaban J connectivity index is 1.84. The number of aryl methyl sites for hydroxylation is 1. The van der Waals surface area contributed by atoms with Crippen molar-refractivity contribution in [1.82, 2.24) is 14.1 Å². The standard InChI is InChI=1S/C22H18N4O3/c1-14-8-10-16(11-9-14)24-20(27)15-12-18-19(23-13-15)26(17-6-4-3-5-7-17)22(29)25(2)21(18)28/h3-13H,1-2H3,(H,24,27). The third kappa shape index (κ3) is 3.34. The molecule has 0 atom stereocenters. The lowest BCUT2D eigenvalue weighted by Gasteiger charge is -2.12. The maximum absolute atomic E-state index is 12.7. The van der Waals surface area contributed by atoms with Crippen LogP contribution in [0.5, 0.6) is 0 Å². The number of hydrogen-bond acceptors (Lipinski definition) is 4. The number of nitrogens with zero attached hydrogens (tertiary/aromatic N) is 3. The number of rotatable bonds is 3. The molecule has 0 saturated carbocycles. The van der Waals surface area contributed by atoms with Crippen molar-refractivity contribution in [3.63, 3.8) is 0 Å². The Kier molecular flexibility index (Phi) is 4.56. The van der Waals surface area contributed by atoms with Gasteiger partial charge in [0.2, 0.25) is 0 Å². The number of benzene rings is 2. The molecule has 1 N–H and O–H groups in total. The molecule has 0 aliphatic rings. The van der Waals surface area contributed by atoms with E-state index < -0.39 is 11.2 Å². The highest BCUT2D eigenvalue weighted by Crippen LogP contribution is 2.15. The predicted molar refractivity (Wildman–Crippen MR) is 112 cm³/mol. The average molecular weight is 386 g/mol. The van der Waals surface area contributed by atoms with Gasteiger partial charge in [0.1, 0.15) is 0 Å². The molecule has 4 aromatic rings. The summed E-state index contributed by atoms with van der Waals surface area (Å²) < 4.78 is 2.37. The molecule has 0 bridgehead atoms. The normalized spacial score (nSPS) is 10.8. The lowest BCUT2D eigenvalue weighted by molar-refractivity contribution is 0.102. The summed E-state index contributed by atoms with van der Waals surface area (Å²) in [6.45, 7) is 1.96. The zero-order valence-corrected chi connectivity index (χ0v) is 15.9. The Morgan fingerprint density at radius 2 is 1.69 bits per heavy atom. The number of fused-ring (bicyclic) bond motifs is 1. The third-order valence-electron chi connectivity index (χ3n) is 4.68. The van der Waals surface area contributed by atoms with E-state index in [0.717, 1.165) is 10.1 Å². The van der Waals surface area contributed by atoms with Crippen molar-refractivity contribution in [3.05, 3.63) is 98.8 Å². The van der Waals surface area contributed by atoms with Gasteiger partial charge in [-0.05, 0) is 37.3 Å². The van der Waals surface area contributed by atoms with Crippen LogP contribution < -0.4 is 16.6 Å². The number of pyridine rings is 1. The molecule has 4 rings (SSSR count). The molecule has 0 saturated heterocycles. The number of carbonyl (C=O) groups excluding carboxylic acids is 1. The molecule has 2 heterocycles. The quantitative estimate of drug-likeness (QED) is 0.587. The van der Waals surface area contributed by atoms with Gasteiger partial charge in [0.15, 0.2) is 5.65 Å². The Labute approximate surface area is 165 Å². The third-order valence-corrected chi connectivity index (χ3v) is 4.68. The number of aromatic nitrogens is 3. The van der Waals surface area contributed by atoms with E-state index in [4.69, 9.17) is 0 Å². The first-order valence-electron chi connectivity index (χ1n) is 9.01. The van der Waals surface area contributed by atoms with Crippen LogP contribution in [0.3, 0.4) is 0 Å². The second kappa shape index (κ2) is 7.20. The molecule has 144 valence electrons. The van der Waals surface area contributed by atoms with Crippen LogP contribution >= 0.6 is 0 Å². The van der Waals surface area contributed by atoms with Gasteiger partial charge in [0, 0.05) is 18.9 Å². The number of anilines is 1. The van der Waals surface area contributed by atoms with E-state index in [-0.39, 0.29) is 22.5 Å². The topological polar surface area (TPSA) is 86.0 Å². The molecule has 7 heteroatoms. The van der Waals surface area contributed by atoms with Gasteiger partial charge in [-0.15, -0.1) is 0 Å². The van der Waals surface area contributed by atoms with Gasteiger partial charge >= 0.3 is 5.69 Å². The minimum absolute atomic E-state index is 0.188. The minimum Gasteiger partial charge on any atom is -0.322 e. The Morgan fingerprint density at radius 3 is 2.38 bits per heavy atom. The Morgan fingerprint density at radius 1 is 1.00 bits per heavy atom. The molecular formula is C22H18N4O3. The first-order chi connectivity index (χ1) is 14.0. The Hall–Kier alpha value is -4.00. The van der Waals surface area contributed by atoms with E-state index in [2.05, 4.69) is 10.3 Å². The van der Waals surface area contributed by atoms with Crippen LogP contribution in [-0.4, -0.2) is 20.0 Å². The van der Waals surface area contributed by atoms with Gasteiger partial charge < -0.3 is 5.32 Å². The van der Waals surface area contributed by atoms with Gasteiger partial charge in [-0.1, -0.05) is 35.9 Å². The Bertz CT molecular complexity index is 1340. The molecule has 0 spiro atoms. The molecule has 2 aromatic carbocycles. The van der Waals surface area contributed by atoms with Crippen LogP contribution in [-0.2, 0) is 7.05 Å². The lowest BCUT2D eigenvalue weighted by atomic mass is 10.2. The van der Waals surface area contributed by atoms with Crippen molar-refractivity contribution >= 4 is 22.6 Å². The van der Waals surface area contributed by atoms with Crippen LogP contribution in [0.2, 0.25) is 0 Å². The summed E-state index contributed by atoms with van der Waals surface area (Å²) in [7, 11) is 1.41. The lowest BCUT2D eigenvalue weighted by Crippen LogP contribution is -2.38. The first kappa shape index (κ1) is 18.4. The monoisotopic (exact) mass is 386 g/mol. The summed E-state index contributed by atoms with van der Waals surface area (Å²) in [6.07, 6.45) is 1.37. The number of para-hydroxylation sites is 1.